The van der Waals surface area contributed by atoms with Crippen LogP contribution in [-0.2, 0) is 14.3 Å². The summed E-state index contributed by atoms with van der Waals surface area (Å²) in [4.78, 5) is 21.8. The molecule has 0 aromatic rings. The van der Waals surface area contributed by atoms with E-state index in [2.05, 4.69) is 17.4 Å². The minimum absolute atomic E-state index is 0.467. The smallest absolute Gasteiger partial charge is 0.332 e. The number of hydrogen-bond donors (Lipinski definition) is 1. The molecule has 0 spiro atoms. The van der Waals surface area contributed by atoms with Crippen molar-refractivity contribution in [2.75, 3.05) is 0 Å². The van der Waals surface area contributed by atoms with Crippen LogP contribution < -0.4 is 0 Å². The minimum atomic E-state index is -0.614. The fourth-order valence-electron chi connectivity index (χ4n) is 0.837. The van der Waals surface area contributed by atoms with Crippen molar-refractivity contribution in [3.05, 3.63) is 5.25 Å². The molecule has 0 radical (unpaired) electrons. The van der Waals surface area contributed by atoms with Gasteiger partial charge in [-0.25, -0.2) is 0 Å². The first-order valence-electron chi connectivity index (χ1n) is 3.43. The van der Waals surface area contributed by atoms with E-state index in [1.165, 1.54) is 11.8 Å². The van der Waals surface area contributed by atoms with Crippen LogP contribution in [0.15, 0.2) is 0 Å². The fourth-order valence-corrected chi connectivity index (χ4v) is 2.09. The maximum atomic E-state index is 11.0. The van der Waals surface area contributed by atoms with Crippen LogP contribution in [0.2, 0.25) is 0 Å². The highest BCUT2D eigenvalue weighted by molar-refractivity contribution is 8.04. The Labute approximate surface area is 80.6 Å². The van der Waals surface area contributed by atoms with Crippen LogP contribution in [0, 0.1) is 5.25 Å². The Bertz CT molecular complexity index is 215. The van der Waals surface area contributed by atoms with Crippen LogP contribution in [0.25, 0.3) is 0 Å². The molecule has 0 saturated carbocycles. The summed E-state index contributed by atoms with van der Waals surface area (Å²) in [6.45, 7) is 3.75. The first-order chi connectivity index (χ1) is 5.52. The molecule has 1 heterocycles. The standard InChI is InChI=1S/C7H8O3S2/c1-3(2)12-5-4(11)6(8)10-7(5)9/h4-5H,1-2H3/p+1. The topological polar surface area (TPSA) is 43.4 Å². The molecule has 66 valence electrons. The Balaban J connectivity index is 2.63. The predicted octanol–water partition coefficient (Wildman–Crippen LogP) is 1.04. The number of thioether (sulfide) groups is 1. The van der Waals surface area contributed by atoms with Gasteiger partial charge in [0.1, 0.15) is 5.25 Å². The normalized spacial score (nSPS) is 28.9. The Morgan fingerprint density at radius 1 is 1.42 bits per heavy atom. The zero-order chi connectivity index (χ0) is 9.30. The number of carbonyl (C=O) groups is 2. The lowest BCUT2D eigenvalue weighted by molar-refractivity contribution is -0.151. The van der Waals surface area contributed by atoms with Crippen LogP contribution in [0.4, 0.5) is 0 Å². The number of esters is 2. The van der Waals surface area contributed by atoms with Gasteiger partial charge in [0.05, 0.1) is 25.6 Å². The lowest BCUT2D eigenvalue weighted by Crippen LogP contribution is -2.21. The van der Waals surface area contributed by atoms with E-state index in [-0.39, 0.29) is 0 Å². The zero-order valence-electron chi connectivity index (χ0n) is 6.73. The molecule has 0 bridgehead atoms. The molecule has 0 aliphatic carbocycles. The highest BCUT2D eigenvalue weighted by atomic mass is 32.2. The molecule has 1 aliphatic rings. The molecule has 3 nitrogen and oxygen atoms in total. The van der Waals surface area contributed by atoms with Gasteiger partial charge in [-0.1, -0.05) is 0 Å². The van der Waals surface area contributed by atoms with Crippen LogP contribution in [0.1, 0.15) is 13.8 Å². The van der Waals surface area contributed by atoms with Crippen molar-refractivity contribution in [2.24, 2.45) is 0 Å². The van der Waals surface area contributed by atoms with Crippen molar-refractivity contribution in [3.8, 4) is 0 Å². The van der Waals surface area contributed by atoms with E-state index in [1.807, 2.05) is 13.8 Å². The fraction of sp³-hybridized carbons (Fsp3) is 0.571. The SMILES string of the molecule is C[C+](C)SC1C(=O)OC(=O)C1S. The zero-order valence-corrected chi connectivity index (χ0v) is 8.45. The Morgan fingerprint density at radius 3 is 2.33 bits per heavy atom. The van der Waals surface area contributed by atoms with E-state index in [4.69, 9.17) is 0 Å². The predicted molar refractivity (Wildman–Crippen MR) is 49.8 cm³/mol. The van der Waals surface area contributed by atoms with Crippen molar-refractivity contribution in [3.63, 3.8) is 0 Å². The first kappa shape index (κ1) is 9.80. The number of thiol groups is 1. The van der Waals surface area contributed by atoms with Gasteiger partial charge in [-0.15, -0.1) is 0 Å². The molecule has 2 atom stereocenters. The van der Waals surface area contributed by atoms with Crippen LogP contribution in [-0.4, -0.2) is 22.4 Å². The maximum Gasteiger partial charge on any atom is 0.332 e. The van der Waals surface area contributed by atoms with Gasteiger partial charge < -0.3 is 4.74 Å². The van der Waals surface area contributed by atoms with Gasteiger partial charge in [-0.2, -0.15) is 12.6 Å². The van der Waals surface area contributed by atoms with Crippen molar-refractivity contribution in [1.29, 1.82) is 0 Å². The molecule has 1 saturated heterocycles. The number of cyclic esters (lactones) is 2. The lowest BCUT2D eigenvalue weighted by atomic mass is 10.3. The van der Waals surface area contributed by atoms with Gasteiger partial charge in [0, 0.05) is 0 Å². The largest absolute Gasteiger partial charge is 0.391 e. The third-order valence-electron chi connectivity index (χ3n) is 1.32. The lowest BCUT2D eigenvalue weighted by Gasteiger charge is -2.01. The third kappa shape index (κ3) is 1.90. The van der Waals surface area contributed by atoms with E-state index in [9.17, 15) is 9.59 Å². The van der Waals surface area contributed by atoms with E-state index >= 15 is 0 Å². The van der Waals surface area contributed by atoms with Gasteiger partial charge >= 0.3 is 11.9 Å². The van der Waals surface area contributed by atoms with E-state index in [0.29, 0.717) is 0 Å². The number of hydrogen-bond acceptors (Lipinski definition) is 5. The number of ether oxygens (including phenoxy) is 1. The van der Waals surface area contributed by atoms with Crippen molar-refractivity contribution in [2.45, 2.75) is 24.3 Å². The van der Waals surface area contributed by atoms with Crippen LogP contribution in [0.5, 0.6) is 0 Å². The molecule has 0 aromatic heterocycles. The van der Waals surface area contributed by atoms with E-state index in [1.54, 1.807) is 0 Å². The van der Waals surface area contributed by atoms with Crippen molar-refractivity contribution < 1.29 is 14.3 Å². The van der Waals surface area contributed by atoms with Crippen LogP contribution in [0.3, 0.4) is 0 Å². The summed E-state index contributed by atoms with van der Waals surface area (Å²) >= 11 is 5.31. The average Bonchev–Trinajstić information content (AvgIpc) is 2.16. The second kappa shape index (κ2) is 3.62. The summed E-state index contributed by atoms with van der Waals surface area (Å²) in [5.41, 5.74) is 0. The summed E-state index contributed by atoms with van der Waals surface area (Å²) in [6.07, 6.45) is 0. The molecule has 1 fully saturated rings. The second-order valence-electron chi connectivity index (χ2n) is 2.63. The van der Waals surface area contributed by atoms with Gasteiger partial charge in [0.15, 0.2) is 10.5 Å². The molecule has 12 heavy (non-hydrogen) atoms. The second-order valence-corrected chi connectivity index (χ2v) is 4.75. The molecule has 2 unspecified atom stereocenters. The summed E-state index contributed by atoms with van der Waals surface area (Å²) < 4.78 is 4.40. The highest BCUT2D eigenvalue weighted by Crippen LogP contribution is 2.32. The third-order valence-corrected chi connectivity index (χ3v) is 3.23. The van der Waals surface area contributed by atoms with Crippen molar-refractivity contribution >= 4 is 36.3 Å². The summed E-state index contributed by atoms with van der Waals surface area (Å²) in [6, 6.07) is 0. The Hall–Kier alpha value is -0.290. The van der Waals surface area contributed by atoms with E-state index in [0.717, 1.165) is 5.25 Å². The number of carbonyl (C=O) groups excluding carboxylic acids is 2. The summed E-state index contributed by atoms with van der Waals surface area (Å²) in [5, 5.41) is -0.0612. The summed E-state index contributed by atoms with van der Waals surface area (Å²) in [5.74, 6) is -1.02. The Kier molecular flexibility index (Phi) is 2.95. The quantitative estimate of drug-likeness (QED) is 0.316. The monoisotopic (exact) mass is 205 g/mol. The molecule has 5 heteroatoms. The van der Waals surface area contributed by atoms with Gasteiger partial charge in [0.2, 0.25) is 0 Å². The minimum Gasteiger partial charge on any atom is -0.391 e. The Morgan fingerprint density at radius 2 is 2.00 bits per heavy atom. The van der Waals surface area contributed by atoms with Gasteiger partial charge in [-0.3, -0.25) is 9.59 Å². The average molecular weight is 205 g/mol. The van der Waals surface area contributed by atoms with Crippen molar-refractivity contribution in [1.82, 2.24) is 0 Å². The van der Waals surface area contributed by atoms with Gasteiger partial charge in [-0.05, 0) is 0 Å². The molecule has 0 N–H and O–H groups in total. The number of rotatable bonds is 2. The molecule has 0 aromatic carbocycles. The van der Waals surface area contributed by atoms with E-state index < -0.39 is 22.4 Å². The molecule has 1 aliphatic heterocycles. The molecular formula is C7H9O3S2+. The summed E-state index contributed by atoms with van der Waals surface area (Å²) in [7, 11) is 0. The maximum absolute atomic E-state index is 11.0. The van der Waals surface area contributed by atoms with Gasteiger partial charge in [0.25, 0.3) is 0 Å². The molecule has 0 amide bonds. The molecule has 1 rings (SSSR count). The first-order valence-corrected chi connectivity index (χ1v) is 4.82. The highest BCUT2D eigenvalue weighted by Gasteiger charge is 2.46. The molecular weight excluding hydrogens is 196 g/mol. The van der Waals surface area contributed by atoms with Crippen LogP contribution >= 0.6 is 24.4 Å².